The molecule has 1 saturated carbocycles. The predicted octanol–water partition coefficient (Wildman–Crippen LogP) is 1.07. The van der Waals surface area contributed by atoms with E-state index in [2.05, 4.69) is 10.4 Å². The maximum atomic E-state index is 12.5. The smallest absolute Gasteiger partial charge is 0.331 e. The average molecular weight is 373 g/mol. The summed E-state index contributed by atoms with van der Waals surface area (Å²) in [6, 6.07) is 6.53. The molecule has 0 aliphatic heterocycles. The fraction of sp³-hybridized carbons (Fsp3) is 0.474. The minimum Gasteiger partial charge on any atom is -0.467 e. The van der Waals surface area contributed by atoms with Crippen molar-refractivity contribution in [3.8, 4) is 0 Å². The lowest BCUT2D eigenvalue weighted by Crippen LogP contribution is -2.56. The number of esters is 1. The molecule has 2 aromatic rings. The van der Waals surface area contributed by atoms with Crippen LogP contribution in [0, 0.1) is 0 Å². The first kappa shape index (κ1) is 18.9. The van der Waals surface area contributed by atoms with Crippen molar-refractivity contribution in [1.29, 1.82) is 0 Å². The number of methoxy groups -OCH3 is 1. The summed E-state index contributed by atoms with van der Waals surface area (Å²) in [4.78, 5) is 49.3. The van der Waals surface area contributed by atoms with Crippen LogP contribution in [-0.2, 0) is 20.9 Å². The van der Waals surface area contributed by atoms with E-state index in [1.165, 1.54) is 7.11 Å². The standard InChI is InChI=1S/C19H23N3O5/c1-27-18(26)19(10-5-2-6-11-19)20-15(23)9-12-22-17(25)14-8-4-3-7-13(14)16(24)21-22/h3-4,7-8H,2,5-6,9-12H2,1H3,(H,20,23)(H,21,24). The van der Waals surface area contributed by atoms with Crippen LogP contribution in [0.25, 0.3) is 10.8 Å². The molecule has 27 heavy (non-hydrogen) atoms. The van der Waals surface area contributed by atoms with Crippen LogP contribution in [0.3, 0.4) is 0 Å². The first-order valence-corrected chi connectivity index (χ1v) is 9.08. The number of nitrogens with one attached hydrogen (secondary N) is 2. The van der Waals surface area contributed by atoms with Crippen LogP contribution in [0.2, 0.25) is 0 Å². The molecule has 0 atom stereocenters. The van der Waals surface area contributed by atoms with Gasteiger partial charge >= 0.3 is 5.97 Å². The SMILES string of the molecule is COC(=O)C1(NC(=O)CCn2[nH]c(=O)c3ccccc3c2=O)CCCCC1. The zero-order chi connectivity index (χ0) is 19.4. The Kier molecular flexibility index (Phi) is 5.43. The number of carbonyl (C=O) groups is 2. The van der Waals surface area contributed by atoms with Gasteiger partial charge < -0.3 is 10.1 Å². The van der Waals surface area contributed by atoms with E-state index in [1.807, 2.05) is 0 Å². The third-order valence-electron chi connectivity index (χ3n) is 5.11. The van der Waals surface area contributed by atoms with Gasteiger partial charge in [0.15, 0.2) is 0 Å². The van der Waals surface area contributed by atoms with E-state index in [0.29, 0.717) is 23.6 Å². The van der Waals surface area contributed by atoms with Crippen LogP contribution >= 0.6 is 0 Å². The number of rotatable bonds is 5. The topological polar surface area (TPSA) is 110 Å². The van der Waals surface area contributed by atoms with Crippen LogP contribution in [0.15, 0.2) is 33.9 Å². The molecule has 1 aromatic carbocycles. The second-order valence-electron chi connectivity index (χ2n) is 6.88. The fourth-order valence-corrected chi connectivity index (χ4v) is 3.68. The van der Waals surface area contributed by atoms with Gasteiger partial charge in [0.25, 0.3) is 11.1 Å². The van der Waals surface area contributed by atoms with E-state index in [-0.39, 0.29) is 30.0 Å². The van der Waals surface area contributed by atoms with Gasteiger partial charge in [-0.3, -0.25) is 19.5 Å². The molecule has 1 aliphatic carbocycles. The number of H-pyrrole nitrogens is 1. The van der Waals surface area contributed by atoms with E-state index in [9.17, 15) is 19.2 Å². The van der Waals surface area contributed by atoms with Gasteiger partial charge in [0.1, 0.15) is 5.54 Å². The third kappa shape index (κ3) is 3.79. The van der Waals surface area contributed by atoms with Gasteiger partial charge in [0.2, 0.25) is 5.91 Å². The Morgan fingerprint density at radius 1 is 1.15 bits per heavy atom. The molecule has 0 spiro atoms. The molecular formula is C19H23N3O5. The van der Waals surface area contributed by atoms with Gasteiger partial charge in [0.05, 0.1) is 24.4 Å². The molecule has 3 rings (SSSR count). The molecule has 0 saturated heterocycles. The zero-order valence-corrected chi connectivity index (χ0v) is 15.2. The lowest BCUT2D eigenvalue weighted by molar-refractivity contribution is -0.152. The van der Waals surface area contributed by atoms with E-state index in [4.69, 9.17) is 4.74 Å². The molecule has 0 bridgehead atoms. The maximum absolute atomic E-state index is 12.5. The highest BCUT2D eigenvalue weighted by molar-refractivity contribution is 5.88. The molecule has 0 unspecified atom stereocenters. The van der Waals surface area contributed by atoms with Crippen molar-refractivity contribution < 1.29 is 14.3 Å². The number of carbonyl (C=O) groups excluding carboxylic acids is 2. The van der Waals surface area contributed by atoms with Gasteiger partial charge in [-0.1, -0.05) is 31.4 Å². The lowest BCUT2D eigenvalue weighted by atomic mass is 9.81. The molecule has 1 heterocycles. The highest BCUT2D eigenvalue weighted by atomic mass is 16.5. The monoisotopic (exact) mass is 373 g/mol. The summed E-state index contributed by atoms with van der Waals surface area (Å²) < 4.78 is 6.02. The van der Waals surface area contributed by atoms with Crippen molar-refractivity contribution >= 4 is 22.6 Å². The zero-order valence-electron chi connectivity index (χ0n) is 15.2. The van der Waals surface area contributed by atoms with E-state index < -0.39 is 11.5 Å². The molecule has 0 radical (unpaired) electrons. The first-order chi connectivity index (χ1) is 13.0. The van der Waals surface area contributed by atoms with Gasteiger partial charge in [0, 0.05) is 6.42 Å². The van der Waals surface area contributed by atoms with Crippen LogP contribution in [0.4, 0.5) is 0 Å². The number of hydrogen-bond donors (Lipinski definition) is 2. The second-order valence-corrected chi connectivity index (χ2v) is 6.88. The van der Waals surface area contributed by atoms with Crippen LogP contribution in [0.1, 0.15) is 38.5 Å². The highest BCUT2D eigenvalue weighted by Crippen LogP contribution is 2.29. The Labute approximate surface area is 155 Å². The average Bonchev–Trinajstić information content (AvgIpc) is 2.69. The summed E-state index contributed by atoms with van der Waals surface area (Å²) in [5.74, 6) is -0.796. The Balaban J connectivity index is 1.75. The second kappa shape index (κ2) is 7.77. The van der Waals surface area contributed by atoms with Crippen LogP contribution in [0.5, 0.6) is 0 Å². The summed E-state index contributed by atoms with van der Waals surface area (Å²) in [6.45, 7) is 0.0159. The van der Waals surface area contributed by atoms with Crippen molar-refractivity contribution in [1.82, 2.24) is 15.1 Å². The summed E-state index contributed by atoms with van der Waals surface area (Å²) in [6.07, 6.45) is 3.74. The van der Waals surface area contributed by atoms with Crippen molar-refractivity contribution in [3.05, 3.63) is 45.0 Å². The highest BCUT2D eigenvalue weighted by Gasteiger charge is 2.41. The number of benzene rings is 1. The number of ether oxygens (including phenoxy) is 1. The number of aromatic nitrogens is 2. The molecule has 8 heteroatoms. The molecule has 8 nitrogen and oxygen atoms in total. The Hall–Kier alpha value is -2.90. The van der Waals surface area contributed by atoms with Crippen molar-refractivity contribution in [2.45, 2.75) is 50.6 Å². The molecular weight excluding hydrogens is 350 g/mol. The van der Waals surface area contributed by atoms with Crippen molar-refractivity contribution in [2.75, 3.05) is 7.11 Å². The number of hydrogen-bond acceptors (Lipinski definition) is 5. The molecule has 1 aliphatic rings. The van der Waals surface area contributed by atoms with Gasteiger partial charge in [-0.25, -0.2) is 9.48 Å². The number of aromatic amines is 1. The Morgan fingerprint density at radius 2 is 1.81 bits per heavy atom. The summed E-state index contributed by atoms with van der Waals surface area (Å²) in [7, 11) is 1.31. The molecule has 2 N–H and O–H groups in total. The van der Waals surface area contributed by atoms with Crippen molar-refractivity contribution in [2.24, 2.45) is 0 Å². The first-order valence-electron chi connectivity index (χ1n) is 9.08. The number of aryl methyl sites for hydroxylation is 1. The fourth-order valence-electron chi connectivity index (χ4n) is 3.68. The molecule has 1 fully saturated rings. The largest absolute Gasteiger partial charge is 0.467 e. The maximum Gasteiger partial charge on any atom is 0.331 e. The van der Waals surface area contributed by atoms with E-state index >= 15 is 0 Å². The molecule has 1 aromatic heterocycles. The van der Waals surface area contributed by atoms with Crippen molar-refractivity contribution in [3.63, 3.8) is 0 Å². The summed E-state index contributed by atoms with van der Waals surface area (Å²) in [5.41, 5.74) is -1.74. The number of nitrogens with zero attached hydrogens (tertiary/aromatic N) is 1. The lowest BCUT2D eigenvalue weighted by Gasteiger charge is -2.35. The number of fused-ring (bicyclic) bond motifs is 1. The molecule has 144 valence electrons. The minimum absolute atomic E-state index is 0.0159. The quantitative estimate of drug-likeness (QED) is 0.762. The Morgan fingerprint density at radius 3 is 2.48 bits per heavy atom. The normalized spacial score (nSPS) is 16.0. The minimum atomic E-state index is -0.994. The molecule has 1 amide bonds. The Bertz CT molecular complexity index is 969. The summed E-state index contributed by atoms with van der Waals surface area (Å²) >= 11 is 0. The predicted molar refractivity (Wildman–Crippen MR) is 99.4 cm³/mol. The van der Waals surface area contributed by atoms with Gasteiger partial charge in [-0.15, -0.1) is 0 Å². The van der Waals surface area contributed by atoms with Crippen LogP contribution < -0.4 is 16.4 Å². The summed E-state index contributed by atoms with van der Waals surface area (Å²) in [5, 5.41) is 5.92. The van der Waals surface area contributed by atoms with Gasteiger partial charge in [-0.2, -0.15) is 0 Å². The van der Waals surface area contributed by atoms with Crippen LogP contribution in [-0.4, -0.2) is 34.3 Å². The third-order valence-corrected chi connectivity index (χ3v) is 5.11. The number of amides is 1. The van der Waals surface area contributed by atoms with E-state index in [0.717, 1.165) is 23.9 Å². The van der Waals surface area contributed by atoms with E-state index in [1.54, 1.807) is 24.3 Å². The van der Waals surface area contributed by atoms with Gasteiger partial charge in [-0.05, 0) is 25.0 Å².